The van der Waals surface area contributed by atoms with Gasteiger partial charge in [0.05, 0.1) is 0 Å². The van der Waals surface area contributed by atoms with Gasteiger partial charge in [-0.3, -0.25) is 0 Å². The highest BCUT2D eigenvalue weighted by Gasteiger charge is 2.03. The summed E-state index contributed by atoms with van der Waals surface area (Å²) in [6.07, 6.45) is 5.99. The van der Waals surface area contributed by atoms with Crippen LogP contribution in [0, 0.1) is 0 Å². The minimum atomic E-state index is -0.496. The van der Waals surface area contributed by atoms with E-state index < -0.39 is 5.97 Å². The smallest absolute Gasteiger partial charge is 0.333 e. The molecule has 1 N–H and O–H groups in total. The molecule has 3 nitrogen and oxygen atoms in total. The number of hydrogen-bond acceptors (Lipinski definition) is 3. The van der Waals surface area contributed by atoms with Gasteiger partial charge < -0.3 is 9.84 Å². The third kappa shape index (κ3) is 6.06. The van der Waals surface area contributed by atoms with E-state index in [1.807, 2.05) is 13.0 Å². The van der Waals surface area contributed by atoms with E-state index in [2.05, 4.69) is 6.58 Å². The first-order chi connectivity index (χ1) is 6.57. The average molecular weight is 196 g/mol. The van der Waals surface area contributed by atoms with E-state index in [1.54, 1.807) is 13.0 Å². The lowest BCUT2D eigenvalue weighted by atomic mass is 10.3. The van der Waals surface area contributed by atoms with Gasteiger partial charge in [-0.05, 0) is 19.4 Å². The lowest BCUT2D eigenvalue weighted by Gasteiger charge is -2.02. The van der Waals surface area contributed by atoms with Crippen molar-refractivity contribution in [2.45, 2.75) is 20.3 Å². The van der Waals surface area contributed by atoms with E-state index in [0.717, 1.165) is 6.42 Å². The van der Waals surface area contributed by atoms with Crippen LogP contribution in [0.5, 0.6) is 0 Å². The molecule has 0 bridgehead atoms. The molecule has 0 fully saturated rings. The lowest BCUT2D eigenvalue weighted by Crippen LogP contribution is -2.07. The Hall–Kier alpha value is -1.51. The molecule has 78 valence electrons. The Bertz CT molecular complexity index is 262. The molecular formula is C11H16O3. The molecule has 0 rings (SSSR count). The number of esters is 1. The molecule has 0 unspecified atom stereocenters. The van der Waals surface area contributed by atoms with Gasteiger partial charge in [0.15, 0.2) is 0 Å². The van der Waals surface area contributed by atoms with E-state index in [0.29, 0.717) is 5.57 Å². The molecule has 0 aromatic carbocycles. The fourth-order valence-electron chi connectivity index (χ4n) is 0.626. The van der Waals surface area contributed by atoms with Crippen molar-refractivity contribution in [3.63, 3.8) is 0 Å². The van der Waals surface area contributed by atoms with E-state index >= 15 is 0 Å². The summed E-state index contributed by atoms with van der Waals surface area (Å²) in [5.74, 6) is -0.478. The topological polar surface area (TPSA) is 46.5 Å². The fraction of sp³-hybridized carbons (Fsp3) is 0.364. The predicted molar refractivity (Wildman–Crippen MR) is 55.9 cm³/mol. The second-order valence-electron chi connectivity index (χ2n) is 2.85. The van der Waals surface area contributed by atoms with Gasteiger partial charge in [0.25, 0.3) is 0 Å². The summed E-state index contributed by atoms with van der Waals surface area (Å²) in [5, 5.41) is 9.21. The maximum absolute atomic E-state index is 10.9. The maximum Gasteiger partial charge on any atom is 0.333 e. The highest BCUT2D eigenvalue weighted by Crippen LogP contribution is 1.96. The largest absolute Gasteiger partial charge is 0.509 e. The summed E-state index contributed by atoms with van der Waals surface area (Å²) in [6, 6.07) is 0. The van der Waals surface area contributed by atoms with E-state index in [1.165, 1.54) is 6.08 Å². The molecule has 0 heterocycles. The molecule has 3 heteroatoms. The summed E-state index contributed by atoms with van der Waals surface area (Å²) in [7, 11) is 0. The minimum Gasteiger partial charge on any atom is -0.509 e. The van der Waals surface area contributed by atoms with Crippen LogP contribution in [0.4, 0.5) is 0 Å². The second kappa shape index (κ2) is 6.95. The standard InChI is InChI=1S/C11H16O3/c1-4-5-6-7-10(12)8-14-11(13)9(2)3/h5-7,12H,2,4,8H2,1,3H3/b6-5-,10-7+. The number of carbonyl (C=O) groups is 1. The summed E-state index contributed by atoms with van der Waals surface area (Å²) < 4.78 is 4.71. The Balaban J connectivity index is 3.90. The Labute approximate surface area is 84.4 Å². The van der Waals surface area contributed by atoms with Crippen LogP contribution in [0.3, 0.4) is 0 Å². The maximum atomic E-state index is 10.9. The van der Waals surface area contributed by atoms with Gasteiger partial charge in [-0.1, -0.05) is 25.7 Å². The first-order valence-electron chi connectivity index (χ1n) is 4.45. The molecule has 0 aliphatic carbocycles. The van der Waals surface area contributed by atoms with Crippen LogP contribution in [0.1, 0.15) is 20.3 Å². The van der Waals surface area contributed by atoms with Crippen molar-refractivity contribution in [2.24, 2.45) is 0 Å². The molecule has 0 aliphatic heterocycles. The van der Waals surface area contributed by atoms with Gasteiger partial charge >= 0.3 is 5.97 Å². The van der Waals surface area contributed by atoms with Crippen LogP contribution in [0.25, 0.3) is 0 Å². The number of aliphatic hydroxyl groups excluding tert-OH is 1. The number of allylic oxidation sites excluding steroid dienone is 3. The molecule has 0 aromatic heterocycles. The third-order valence-electron chi connectivity index (χ3n) is 1.36. The molecular weight excluding hydrogens is 180 g/mol. The Kier molecular flexibility index (Phi) is 6.20. The zero-order valence-corrected chi connectivity index (χ0v) is 8.62. The first kappa shape index (κ1) is 12.5. The summed E-state index contributed by atoms with van der Waals surface area (Å²) >= 11 is 0. The van der Waals surface area contributed by atoms with E-state index in [4.69, 9.17) is 4.74 Å². The normalized spacial score (nSPS) is 11.7. The first-order valence-corrected chi connectivity index (χ1v) is 4.45. The predicted octanol–water partition coefficient (Wildman–Crippen LogP) is 2.51. The van der Waals surface area contributed by atoms with Crippen molar-refractivity contribution >= 4 is 5.97 Å². The Morgan fingerprint density at radius 1 is 1.57 bits per heavy atom. The van der Waals surface area contributed by atoms with E-state index in [-0.39, 0.29) is 12.4 Å². The van der Waals surface area contributed by atoms with Crippen LogP contribution in [-0.4, -0.2) is 17.7 Å². The second-order valence-corrected chi connectivity index (χ2v) is 2.85. The molecule has 14 heavy (non-hydrogen) atoms. The lowest BCUT2D eigenvalue weighted by molar-refractivity contribution is -0.138. The molecule has 0 aliphatic rings. The fourth-order valence-corrected chi connectivity index (χ4v) is 0.626. The monoisotopic (exact) mass is 196 g/mol. The van der Waals surface area contributed by atoms with Crippen LogP contribution in [0.2, 0.25) is 0 Å². The highest BCUT2D eigenvalue weighted by atomic mass is 16.5. The highest BCUT2D eigenvalue weighted by molar-refractivity contribution is 5.86. The van der Waals surface area contributed by atoms with Gasteiger partial charge in [-0.15, -0.1) is 0 Å². The zero-order chi connectivity index (χ0) is 11.0. The summed E-state index contributed by atoms with van der Waals surface area (Å²) in [6.45, 7) is 6.85. The Morgan fingerprint density at radius 3 is 2.71 bits per heavy atom. The van der Waals surface area contributed by atoms with E-state index in [9.17, 15) is 9.90 Å². The van der Waals surface area contributed by atoms with Crippen molar-refractivity contribution < 1.29 is 14.6 Å². The number of carbonyl (C=O) groups excluding carboxylic acids is 1. The summed E-state index contributed by atoms with van der Waals surface area (Å²) in [4.78, 5) is 10.9. The van der Waals surface area contributed by atoms with Crippen molar-refractivity contribution in [2.75, 3.05) is 6.61 Å². The van der Waals surface area contributed by atoms with Crippen molar-refractivity contribution in [3.8, 4) is 0 Å². The third-order valence-corrected chi connectivity index (χ3v) is 1.36. The van der Waals surface area contributed by atoms with Gasteiger partial charge in [-0.25, -0.2) is 4.79 Å². The molecule has 0 saturated heterocycles. The molecule has 0 radical (unpaired) electrons. The molecule has 0 atom stereocenters. The van der Waals surface area contributed by atoms with Crippen molar-refractivity contribution in [1.82, 2.24) is 0 Å². The van der Waals surface area contributed by atoms with Crippen LogP contribution < -0.4 is 0 Å². The minimum absolute atomic E-state index is 0.0179. The van der Waals surface area contributed by atoms with Gasteiger partial charge in [0, 0.05) is 5.57 Å². The molecule has 0 saturated carbocycles. The van der Waals surface area contributed by atoms with Gasteiger partial charge in [0.1, 0.15) is 12.4 Å². The van der Waals surface area contributed by atoms with Gasteiger partial charge in [0.2, 0.25) is 0 Å². The number of hydrogen-bond donors (Lipinski definition) is 1. The summed E-state index contributed by atoms with van der Waals surface area (Å²) in [5.41, 5.74) is 0.321. The number of aliphatic hydroxyl groups is 1. The van der Waals surface area contributed by atoms with Gasteiger partial charge in [-0.2, -0.15) is 0 Å². The SMILES string of the molecule is C=C(C)C(=O)OC/C(O)=C\C=C/CC. The van der Waals surface area contributed by atoms with Crippen molar-refractivity contribution in [1.29, 1.82) is 0 Å². The molecule has 0 spiro atoms. The number of rotatable bonds is 5. The zero-order valence-electron chi connectivity index (χ0n) is 8.62. The van der Waals surface area contributed by atoms with Crippen molar-refractivity contribution in [3.05, 3.63) is 36.1 Å². The Morgan fingerprint density at radius 2 is 2.21 bits per heavy atom. The van der Waals surface area contributed by atoms with Crippen LogP contribution in [0.15, 0.2) is 36.1 Å². The van der Waals surface area contributed by atoms with Crippen LogP contribution in [-0.2, 0) is 9.53 Å². The molecule has 0 aromatic rings. The quantitative estimate of drug-likeness (QED) is 0.318. The molecule has 0 amide bonds. The van der Waals surface area contributed by atoms with Crippen LogP contribution >= 0.6 is 0 Å². The average Bonchev–Trinajstić information content (AvgIpc) is 2.14. The number of ether oxygens (including phenoxy) is 1.